The van der Waals surface area contributed by atoms with Gasteiger partial charge in [0.2, 0.25) is 11.8 Å². The molecule has 0 atom stereocenters. The zero-order chi connectivity index (χ0) is 20.6. The molecule has 0 aliphatic heterocycles. The Morgan fingerprint density at radius 1 is 1.04 bits per heavy atom. The third-order valence-electron chi connectivity index (χ3n) is 4.33. The highest BCUT2D eigenvalue weighted by Crippen LogP contribution is 2.12. The minimum absolute atomic E-state index is 0.0133. The molecule has 3 amide bonds. The molecule has 2 N–H and O–H groups in total. The van der Waals surface area contributed by atoms with E-state index in [2.05, 4.69) is 10.6 Å². The summed E-state index contributed by atoms with van der Waals surface area (Å²) in [5.41, 5.74) is 1.16. The number of carbonyl (C=O) groups is 3. The molecular weight excluding hydrogens is 342 g/mol. The van der Waals surface area contributed by atoms with Gasteiger partial charge in [-0.2, -0.15) is 0 Å². The van der Waals surface area contributed by atoms with Gasteiger partial charge in [-0.1, -0.05) is 32.9 Å². The highest BCUT2D eigenvalue weighted by Gasteiger charge is 2.20. The third kappa shape index (κ3) is 7.81. The van der Waals surface area contributed by atoms with Crippen molar-refractivity contribution in [3.63, 3.8) is 0 Å². The van der Waals surface area contributed by atoms with Gasteiger partial charge >= 0.3 is 0 Å². The van der Waals surface area contributed by atoms with Crippen LogP contribution >= 0.6 is 0 Å². The molecule has 6 heteroatoms. The van der Waals surface area contributed by atoms with Crippen molar-refractivity contribution in [1.29, 1.82) is 0 Å². The van der Waals surface area contributed by atoms with Crippen LogP contribution in [-0.2, 0) is 16.1 Å². The van der Waals surface area contributed by atoms with E-state index in [9.17, 15) is 14.4 Å². The van der Waals surface area contributed by atoms with Gasteiger partial charge in [0.15, 0.2) is 0 Å². The number of hydrogen-bond donors (Lipinski definition) is 2. The zero-order valence-electron chi connectivity index (χ0n) is 17.4. The summed E-state index contributed by atoms with van der Waals surface area (Å²) in [5, 5.41) is 5.69. The minimum Gasteiger partial charge on any atom is -0.356 e. The molecule has 0 bridgehead atoms. The van der Waals surface area contributed by atoms with E-state index in [1.165, 1.54) is 0 Å². The number of hydrogen-bond acceptors (Lipinski definition) is 3. The molecule has 0 unspecified atom stereocenters. The van der Waals surface area contributed by atoms with Gasteiger partial charge < -0.3 is 15.5 Å². The Kier molecular flexibility index (Phi) is 8.47. The van der Waals surface area contributed by atoms with Gasteiger partial charge in [0.25, 0.3) is 5.91 Å². The van der Waals surface area contributed by atoms with Gasteiger partial charge in [0.05, 0.1) is 0 Å². The number of benzene rings is 1. The van der Waals surface area contributed by atoms with Crippen molar-refractivity contribution in [1.82, 2.24) is 15.5 Å². The number of rotatable bonds is 8. The van der Waals surface area contributed by atoms with Gasteiger partial charge in [0, 0.05) is 43.6 Å². The largest absolute Gasteiger partial charge is 0.356 e. The van der Waals surface area contributed by atoms with E-state index in [-0.39, 0.29) is 23.8 Å². The maximum atomic E-state index is 12.2. The molecule has 0 saturated heterocycles. The molecule has 0 heterocycles. The smallest absolute Gasteiger partial charge is 0.253 e. The van der Waals surface area contributed by atoms with Gasteiger partial charge in [0.1, 0.15) is 0 Å². The molecule has 0 aromatic heterocycles. The first kappa shape index (κ1) is 22.7. The first-order chi connectivity index (χ1) is 12.5. The van der Waals surface area contributed by atoms with Crippen molar-refractivity contribution in [2.75, 3.05) is 13.6 Å². The average molecular weight is 376 g/mol. The van der Waals surface area contributed by atoms with Crippen LogP contribution in [0.1, 0.15) is 63.4 Å². The number of carbonyl (C=O) groups excluding carboxylic acids is 3. The van der Waals surface area contributed by atoms with Gasteiger partial charge in [-0.3, -0.25) is 14.4 Å². The Bertz CT molecular complexity index is 646. The highest BCUT2D eigenvalue weighted by atomic mass is 16.2. The maximum Gasteiger partial charge on any atom is 0.253 e. The van der Waals surface area contributed by atoms with E-state index in [0.717, 1.165) is 5.56 Å². The van der Waals surface area contributed by atoms with Crippen LogP contribution in [0.15, 0.2) is 24.3 Å². The summed E-state index contributed by atoms with van der Waals surface area (Å²) in [6.45, 7) is 10.4. The fourth-order valence-electron chi connectivity index (χ4n) is 2.21. The summed E-state index contributed by atoms with van der Waals surface area (Å²) in [7, 11) is 1.78. The topological polar surface area (TPSA) is 78.5 Å². The van der Waals surface area contributed by atoms with Crippen LogP contribution < -0.4 is 10.6 Å². The molecule has 0 fully saturated rings. The van der Waals surface area contributed by atoms with E-state index >= 15 is 0 Å². The molecule has 0 saturated carbocycles. The van der Waals surface area contributed by atoms with Crippen LogP contribution in [0.2, 0.25) is 0 Å². The number of nitrogens with one attached hydrogen (secondary N) is 2. The summed E-state index contributed by atoms with van der Waals surface area (Å²) < 4.78 is 0. The standard InChI is InChI=1S/C21H33N3O3/c1-15(2)24(6)19(26)17-11-9-16(10-12-17)14-23-18(25)8-7-13-22-20(27)21(3,4)5/h9-12,15H,7-8,13-14H2,1-6H3,(H,22,27)(H,23,25). The van der Waals surface area contributed by atoms with Crippen molar-refractivity contribution in [2.24, 2.45) is 5.41 Å². The third-order valence-corrected chi connectivity index (χ3v) is 4.33. The fourth-order valence-corrected chi connectivity index (χ4v) is 2.21. The number of nitrogens with zero attached hydrogens (tertiary/aromatic N) is 1. The number of amides is 3. The second-order valence-electron chi connectivity index (χ2n) is 8.09. The normalized spacial score (nSPS) is 11.2. The van der Waals surface area contributed by atoms with E-state index < -0.39 is 5.41 Å². The van der Waals surface area contributed by atoms with Crippen molar-refractivity contribution in [3.05, 3.63) is 35.4 Å². The summed E-state index contributed by atoms with van der Waals surface area (Å²) in [4.78, 5) is 37.6. The maximum absolute atomic E-state index is 12.2. The molecule has 0 aliphatic carbocycles. The molecule has 27 heavy (non-hydrogen) atoms. The lowest BCUT2D eigenvalue weighted by Crippen LogP contribution is -2.35. The predicted octanol–water partition coefficient (Wildman–Crippen LogP) is 2.73. The van der Waals surface area contributed by atoms with E-state index in [1.807, 2.05) is 46.8 Å². The van der Waals surface area contributed by atoms with E-state index in [0.29, 0.717) is 31.5 Å². The molecule has 0 spiro atoms. The average Bonchev–Trinajstić information content (AvgIpc) is 2.61. The summed E-state index contributed by atoms with van der Waals surface area (Å²) >= 11 is 0. The van der Waals surface area contributed by atoms with Crippen LogP contribution in [0.5, 0.6) is 0 Å². The predicted molar refractivity (Wildman–Crippen MR) is 107 cm³/mol. The van der Waals surface area contributed by atoms with Crippen LogP contribution in [0.25, 0.3) is 0 Å². The molecule has 150 valence electrons. The van der Waals surface area contributed by atoms with Crippen molar-refractivity contribution in [3.8, 4) is 0 Å². The second-order valence-corrected chi connectivity index (χ2v) is 8.09. The fraction of sp³-hybridized carbons (Fsp3) is 0.571. The lowest BCUT2D eigenvalue weighted by Gasteiger charge is -2.21. The first-order valence-electron chi connectivity index (χ1n) is 9.43. The Morgan fingerprint density at radius 3 is 2.15 bits per heavy atom. The molecule has 0 aliphatic rings. The van der Waals surface area contributed by atoms with Crippen LogP contribution in [-0.4, -0.2) is 42.3 Å². The highest BCUT2D eigenvalue weighted by molar-refractivity contribution is 5.94. The van der Waals surface area contributed by atoms with Crippen molar-refractivity contribution < 1.29 is 14.4 Å². The van der Waals surface area contributed by atoms with Crippen LogP contribution in [0.3, 0.4) is 0 Å². The Morgan fingerprint density at radius 2 is 1.63 bits per heavy atom. The molecule has 0 radical (unpaired) electrons. The molecule has 1 aromatic rings. The lowest BCUT2D eigenvalue weighted by atomic mass is 9.96. The quantitative estimate of drug-likeness (QED) is 0.686. The lowest BCUT2D eigenvalue weighted by molar-refractivity contribution is -0.128. The Hall–Kier alpha value is -2.37. The zero-order valence-corrected chi connectivity index (χ0v) is 17.4. The van der Waals surface area contributed by atoms with Crippen molar-refractivity contribution in [2.45, 2.75) is 60.0 Å². The Balaban J connectivity index is 2.36. The monoisotopic (exact) mass is 375 g/mol. The van der Waals surface area contributed by atoms with Gasteiger partial charge in [-0.25, -0.2) is 0 Å². The van der Waals surface area contributed by atoms with Crippen LogP contribution in [0.4, 0.5) is 0 Å². The second kappa shape index (κ2) is 10.1. The van der Waals surface area contributed by atoms with Crippen molar-refractivity contribution >= 4 is 17.7 Å². The summed E-state index contributed by atoms with van der Waals surface area (Å²) in [6.07, 6.45) is 0.961. The molecule has 6 nitrogen and oxygen atoms in total. The van der Waals surface area contributed by atoms with Gasteiger partial charge in [-0.05, 0) is 38.0 Å². The van der Waals surface area contributed by atoms with Crippen LogP contribution in [0, 0.1) is 5.41 Å². The van der Waals surface area contributed by atoms with Gasteiger partial charge in [-0.15, -0.1) is 0 Å². The molecular formula is C21H33N3O3. The van der Waals surface area contributed by atoms with E-state index in [4.69, 9.17) is 0 Å². The Labute approximate surface area is 162 Å². The summed E-state index contributed by atoms with van der Waals surface area (Å²) in [6, 6.07) is 7.41. The minimum atomic E-state index is -0.417. The molecule has 1 aromatic carbocycles. The SMILES string of the molecule is CC(C)N(C)C(=O)c1ccc(CNC(=O)CCCNC(=O)C(C)(C)C)cc1. The van der Waals surface area contributed by atoms with E-state index in [1.54, 1.807) is 24.1 Å². The first-order valence-corrected chi connectivity index (χ1v) is 9.43. The molecule has 1 rings (SSSR count). The summed E-state index contributed by atoms with van der Waals surface area (Å²) in [5.74, 6) is -0.0850.